The van der Waals surface area contributed by atoms with Crippen LogP contribution in [-0.4, -0.2) is 69.8 Å². The summed E-state index contributed by atoms with van der Waals surface area (Å²) in [6, 6.07) is 3.02. The number of aromatic nitrogens is 1. The van der Waals surface area contributed by atoms with Gasteiger partial charge in [-0.15, -0.1) is 0 Å². The molecule has 0 saturated carbocycles. The number of ether oxygens (including phenoxy) is 1. The molecule has 3 rings (SSSR count). The molecule has 2 aliphatic heterocycles. The first kappa shape index (κ1) is 20.0. The quantitative estimate of drug-likeness (QED) is 0.500. The Morgan fingerprint density at radius 1 is 1.04 bits per heavy atom. The van der Waals surface area contributed by atoms with Gasteiger partial charge in [0.05, 0.1) is 11.3 Å². The smallest absolute Gasteiger partial charge is 0.341 e. The molecule has 4 amide bonds. The van der Waals surface area contributed by atoms with Crippen LogP contribution in [0.25, 0.3) is 0 Å². The van der Waals surface area contributed by atoms with Gasteiger partial charge in [0, 0.05) is 32.1 Å². The SMILES string of the molecule is O=C(OCC(=O)N1CCCC1=O)c1cccnc1SCC(=O)N1CCCC1=O. The summed E-state index contributed by atoms with van der Waals surface area (Å²) >= 11 is 1.03. The fourth-order valence-corrected chi connectivity index (χ4v) is 3.83. The van der Waals surface area contributed by atoms with Gasteiger partial charge in [-0.2, -0.15) is 0 Å². The summed E-state index contributed by atoms with van der Waals surface area (Å²) < 4.78 is 5.03. The predicted octanol–water partition coefficient (Wildman–Crippen LogP) is 0.628. The average molecular weight is 405 g/mol. The molecule has 9 nitrogen and oxygen atoms in total. The van der Waals surface area contributed by atoms with Gasteiger partial charge in [0.2, 0.25) is 17.7 Å². The molecule has 0 radical (unpaired) electrons. The minimum absolute atomic E-state index is 0.0375. The van der Waals surface area contributed by atoms with E-state index in [1.54, 1.807) is 0 Å². The van der Waals surface area contributed by atoms with Gasteiger partial charge in [0.1, 0.15) is 5.03 Å². The lowest BCUT2D eigenvalue weighted by molar-refractivity contribution is -0.144. The van der Waals surface area contributed by atoms with E-state index >= 15 is 0 Å². The Balaban J connectivity index is 1.57. The number of thioether (sulfide) groups is 1. The molecule has 10 heteroatoms. The van der Waals surface area contributed by atoms with Gasteiger partial charge in [0.15, 0.2) is 6.61 Å². The molecule has 1 aromatic heterocycles. The lowest BCUT2D eigenvalue weighted by Gasteiger charge is -2.14. The van der Waals surface area contributed by atoms with E-state index in [4.69, 9.17) is 4.74 Å². The maximum Gasteiger partial charge on any atom is 0.341 e. The molecule has 2 saturated heterocycles. The van der Waals surface area contributed by atoms with Crippen LogP contribution >= 0.6 is 11.8 Å². The van der Waals surface area contributed by atoms with Crippen LogP contribution in [0.15, 0.2) is 23.4 Å². The third-order valence-corrected chi connectivity index (χ3v) is 5.39. The molecule has 0 unspecified atom stereocenters. The van der Waals surface area contributed by atoms with E-state index in [0.717, 1.165) is 16.7 Å². The molecule has 148 valence electrons. The number of carbonyl (C=O) groups excluding carboxylic acids is 5. The first-order valence-corrected chi connectivity index (χ1v) is 9.87. The van der Waals surface area contributed by atoms with Gasteiger partial charge >= 0.3 is 5.97 Å². The Kier molecular flexibility index (Phi) is 6.40. The number of nitrogens with zero attached hydrogens (tertiary/aromatic N) is 3. The standard InChI is InChI=1S/C18H19N3O6S/c22-13-5-2-8-20(13)15(24)10-27-18(26)12-4-1-7-19-17(12)28-11-16(25)21-9-3-6-14(21)23/h1,4,7H,2-3,5-6,8-11H2. The van der Waals surface area contributed by atoms with Gasteiger partial charge in [-0.1, -0.05) is 11.8 Å². The second-order valence-corrected chi connectivity index (χ2v) is 7.27. The normalized spacial score (nSPS) is 16.6. The molecular formula is C18H19N3O6S. The maximum absolute atomic E-state index is 12.3. The van der Waals surface area contributed by atoms with Crippen LogP contribution in [0.5, 0.6) is 0 Å². The highest BCUT2D eigenvalue weighted by Gasteiger charge is 2.28. The van der Waals surface area contributed by atoms with Crippen molar-refractivity contribution in [3.05, 3.63) is 23.9 Å². The summed E-state index contributed by atoms with van der Waals surface area (Å²) in [5, 5.41) is 0.275. The summed E-state index contributed by atoms with van der Waals surface area (Å²) in [5.41, 5.74) is 0.119. The molecule has 0 spiro atoms. The van der Waals surface area contributed by atoms with Crippen molar-refractivity contribution in [1.29, 1.82) is 0 Å². The monoisotopic (exact) mass is 405 g/mol. The molecule has 0 N–H and O–H groups in total. The number of pyridine rings is 1. The van der Waals surface area contributed by atoms with Crippen LogP contribution < -0.4 is 0 Å². The third kappa shape index (κ3) is 4.56. The molecule has 0 bridgehead atoms. The molecule has 28 heavy (non-hydrogen) atoms. The summed E-state index contributed by atoms with van der Waals surface area (Å²) in [7, 11) is 0. The number of amides is 4. The Bertz CT molecular complexity index is 827. The van der Waals surface area contributed by atoms with Gasteiger partial charge < -0.3 is 4.74 Å². The number of esters is 1. The van der Waals surface area contributed by atoms with E-state index in [2.05, 4.69) is 4.98 Å². The summed E-state index contributed by atoms with van der Waals surface area (Å²) in [6.45, 7) is 0.206. The van der Waals surface area contributed by atoms with Crippen molar-refractivity contribution < 1.29 is 28.7 Å². The zero-order valence-electron chi connectivity index (χ0n) is 15.1. The van der Waals surface area contributed by atoms with Gasteiger partial charge in [-0.05, 0) is 25.0 Å². The Hall–Kier alpha value is -2.75. The second-order valence-electron chi connectivity index (χ2n) is 6.31. The second kappa shape index (κ2) is 8.96. The lowest BCUT2D eigenvalue weighted by Crippen LogP contribution is -2.35. The largest absolute Gasteiger partial charge is 0.452 e. The van der Waals surface area contributed by atoms with E-state index in [9.17, 15) is 24.0 Å². The van der Waals surface area contributed by atoms with Crippen molar-refractivity contribution in [3.63, 3.8) is 0 Å². The van der Waals surface area contributed by atoms with E-state index < -0.39 is 18.5 Å². The van der Waals surface area contributed by atoms with E-state index in [0.29, 0.717) is 38.8 Å². The highest BCUT2D eigenvalue weighted by Crippen LogP contribution is 2.22. The third-order valence-electron chi connectivity index (χ3n) is 4.40. The molecule has 2 aliphatic rings. The van der Waals surface area contributed by atoms with Crippen LogP contribution in [0.2, 0.25) is 0 Å². The van der Waals surface area contributed by atoms with Crippen LogP contribution in [0.3, 0.4) is 0 Å². The van der Waals surface area contributed by atoms with Gasteiger partial charge in [-0.3, -0.25) is 29.0 Å². The van der Waals surface area contributed by atoms with Crippen LogP contribution in [0.1, 0.15) is 36.0 Å². The fraction of sp³-hybridized carbons (Fsp3) is 0.444. The number of hydrogen-bond acceptors (Lipinski definition) is 8. The molecule has 2 fully saturated rings. The number of carbonyl (C=O) groups is 5. The Morgan fingerprint density at radius 3 is 2.29 bits per heavy atom. The van der Waals surface area contributed by atoms with Crippen LogP contribution in [0, 0.1) is 0 Å². The predicted molar refractivity (Wildman–Crippen MR) is 97.2 cm³/mol. The number of rotatable bonds is 6. The Morgan fingerprint density at radius 2 is 1.68 bits per heavy atom. The summed E-state index contributed by atoms with van der Waals surface area (Å²) in [6.07, 6.45) is 3.42. The Labute approximate surface area is 165 Å². The first-order chi connectivity index (χ1) is 13.5. The first-order valence-electron chi connectivity index (χ1n) is 8.88. The van der Waals surface area contributed by atoms with Gasteiger partial charge in [-0.25, -0.2) is 9.78 Å². The van der Waals surface area contributed by atoms with Crippen molar-refractivity contribution in [2.75, 3.05) is 25.4 Å². The highest BCUT2D eigenvalue weighted by molar-refractivity contribution is 8.00. The molecule has 0 aromatic carbocycles. The lowest BCUT2D eigenvalue weighted by atomic mass is 10.3. The van der Waals surface area contributed by atoms with Crippen LogP contribution in [0.4, 0.5) is 0 Å². The zero-order chi connectivity index (χ0) is 20.1. The molecular weight excluding hydrogens is 386 g/mol. The number of imide groups is 2. The average Bonchev–Trinajstić information content (AvgIpc) is 3.32. The maximum atomic E-state index is 12.3. The van der Waals surface area contributed by atoms with Crippen molar-refractivity contribution in [2.45, 2.75) is 30.7 Å². The van der Waals surface area contributed by atoms with Crippen molar-refractivity contribution in [2.24, 2.45) is 0 Å². The highest BCUT2D eigenvalue weighted by atomic mass is 32.2. The minimum atomic E-state index is -0.764. The molecule has 1 aromatic rings. The van der Waals surface area contributed by atoms with E-state index in [1.807, 2.05) is 0 Å². The van der Waals surface area contributed by atoms with Crippen molar-refractivity contribution >= 4 is 41.4 Å². The van der Waals surface area contributed by atoms with Gasteiger partial charge in [0.25, 0.3) is 5.91 Å². The molecule has 3 heterocycles. The zero-order valence-corrected chi connectivity index (χ0v) is 15.9. The molecule has 0 atom stereocenters. The molecule has 0 aliphatic carbocycles. The minimum Gasteiger partial charge on any atom is -0.452 e. The topological polar surface area (TPSA) is 114 Å². The number of hydrogen-bond donors (Lipinski definition) is 0. The summed E-state index contributed by atoms with van der Waals surface area (Å²) in [5.74, 6) is -2.16. The van der Waals surface area contributed by atoms with Crippen molar-refractivity contribution in [3.8, 4) is 0 Å². The van der Waals surface area contributed by atoms with E-state index in [1.165, 1.54) is 23.2 Å². The van der Waals surface area contributed by atoms with E-state index in [-0.39, 0.29) is 34.1 Å². The summed E-state index contributed by atoms with van der Waals surface area (Å²) in [4.78, 5) is 66.1. The number of likely N-dealkylation sites (tertiary alicyclic amines) is 2. The fourth-order valence-electron chi connectivity index (χ4n) is 2.98. The van der Waals surface area contributed by atoms with Crippen molar-refractivity contribution in [1.82, 2.24) is 14.8 Å². The van der Waals surface area contributed by atoms with Crippen LogP contribution in [-0.2, 0) is 23.9 Å².